The summed E-state index contributed by atoms with van der Waals surface area (Å²) >= 11 is 0. The van der Waals surface area contributed by atoms with E-state index in [1.807, 2.05) is 0 Å². The van der Waals surface area contributed by atoms with Gasteiger partial charge in [-0.3, -0.25) is 9.59 Å². The third-order valence-electron chi connectivity index (χ3n) is 2.06. The number of ketones is 1. The van der Waals surface area contributed by atoms with E-state index in [4.69, 9.17) is 4.74 Å². The average Bonchev–Trinajstić information content (AvgIpc) is 2.29. The number of hydrogen-bond donors (Lipinski definition) is 0. The van der Waals surface area contributed by atoms with E-state index in [1.165, 1.54) is 14.0 Å². The third kappa shape index (κ3) is 3.38. The van der Waals surface area contributed by atoms with Gasteiger partial charge in [0.25, 0.3) is 0 Å². The van der Waals surface area contributed by atoms with Gasteiger partial charge < -0.3 is 9.47 Å². The molecule has 0 atom stereocenters. The van der Waals surface area contributed by atoms with Crippen LogP contribution in [0.3, 0.4) is 0 Å². The van der Waals surface area contributed by atoms with Crippen LogP contribution in [0.15, 0.2) is 24.3 Å². The first-order chi connectivity index (χ1) is 7.65. The van der Waals surface area contributed by atoms with E-state index < -0.39 is 0 Å². The van der Waals surface area contributed by atoms with Crippen molar-refractivity contribution in [3.63, 3.8) is 0 Å². The van der Waals surface area contributed by atoms with Gasteiger partial charge in [0.2, 0.25) is 0 Å². The molecule has 0 fully saturated rings. The molecule has 0 spiro atoms. The lowest BCUT2D eigenvalue weighted by molar-refractivity contribution is -0.141. The summed E-state index contributed by atoms with van der Waals surface area (Å²) in [6.07, 6.45) is 0.169. The first kappa shape index (κ1) is 12.2. The smallest absolute Gasteiger partial charge is 0.308 e. The fraction of sp³-hybridized carbons (Fsp3) is 0.333. The van der Waals surface area contributed by atoms with E-state index >= 15 is 0 Å². The molecule has 0 aliphatic carbocycles. The maximum atomic E-state index is 11.2. The van der Waals surface area contributed by atoms with Crippen LogP contribution >= 0.6 is 0 Å². The number of benzene rings is 1. The molecule has 0 aromatic heterocycles. The largest absolute Gasteiger partial charge is 0.492 e. The fourth-order valence-corrected chi connectivity index (χ4v) is 1.23. The fourth-order valence-electron chi connectivity index (χ4n) is 1.23. The number of carbonyl (C=O) groups is 2. The van der Waals surface area contributed by atoms with Gasteiger partial charge in [-0.2, -0.15) is 0 Å². The first-order valence-electron chi connectivity index (χ1n) is 4.94. The summed E-state index contributed by atoms with van der Waals surface area (Å²) in [7, 11) is 1.33. The Kier molecular flexibility index (Phi) is 4.51. The molecule has 1 rings (SSSR count). The summed E-state index contributed by atoms with van der Waals surface area (Å²) in [5.74, 6) is 0.105. The molecule has 0 heterocycles. The minimum Gasteiger partial charge on any atom is -0.492 e. The molecule has 0 aliphatic rings. The summed E-state index contributed by atoms with van der Waals surface area (Å²) in [5.41, 5.74) is 0.521. The number of ether oxygens (including phenoxy) is 2. The molecule has 1 aromatic carbocycles. The summed E-state index contributed by atoms with van der Waals surface area (Å²) in [4.78, 5) is 22.1. The van der Waals surface area contributed by atoms with Crippen molar-refractivity contribution in [3.05, 3.63) is 29.8 Å². The summed E-state index contributed by atoms with van der Waals surface area (Å²) in [6, 6.07) is 6.94. The molecule has 0 N–H and O–H groups in total. The van der Waals surface area contributed by atoms with Crippen molar-refractivity contribution < 1.29 is 19.1 Å². The predicted octanol–water partition coefficient (Wildman–Crippen LogP) is 1.83. The van der Waals surface area contributed by atoms with Crippen molar-refractivity contribution in [1.82, 2.24) is 0 Å². The zero-order valence-electron chi connectivity index (χ0n) is 9.36. The second kappa shape index (κ2) is 5.90. The number of carbonyl (C=O) groups excluding carboxylic acids is 2. The van der Waals surface area contributed by atoms with Crippen LogP contribution < -0.4 is 4.74 Å². The van der Waals surface area contributed by atoms with Gasteiger partial charge in [0.05, 0.1) is 25.7 Å². The average molecular weight is 222 g/mol. The Morgan fingerprint density at radius 1 is 1.25 bits per heavy atom. The topological polar surface area (TPSA) is 52.6 Å². The number of para-hydroxylation sites is 1. The lowest BCUT2D eigenvalue weighted by Gasteiger charge is -2.08. The van der Waals surface area contributed by atoms with Crippen molar-refractivity contribution in [2.24, 2.45) is 0 Å². The van der Waals surface area contributed by atoms with E-state index in [0.29, 0.717) is 11.3 Å². The molecular formula is C12H14O4. The Hall–Kier alpha value is -1.84. The van der Waals surface area contributed by atoms with Crippen LogP contribution in [0.25, 0.3) is 0 Å². The van der Waals surface area contributed by atoms with Gasteiger partial charge in [-0.05, 0) is 19.1 Å². The molecule has 0 bridgehead atoms. The minimum absolute atomic E-state index is 0.0614. The van der Waals surface area contributed by atoms with Crippen LogP contribution in [0, 0.1) is 0 Å². The van der Waals surface area contributed by atoms with Crippen LogP contribution in [0.1, 0.15) is 23.7 Å². The molecule has 4 heteroatoms. The number of Topliss-reactive ketones (excluding diaryl/α,β-unsaturated/α-hetero) is 1. The van der Waals surface area contributed by atoms with Crippen LogP contribution in [-0.2, 0) is 9.53 Å². The monoisotopic (exact) mass is 222 g/mol. The number of rotatable bonds is 5. The highest BCUT2D eigenvalue weighted by Crippen LogP contribution is 2.18. The lowest BCUT2D eigenvalue weighted by Crippen LogP contribution is -2.09. The maximum absolute atomic E-state index is 11.2. The van der Waals surface area contributed by atoms with Crippen molar-refractivity contribution >= 4 is 11.8 Å². The number of hydrogen-bond acceptors (Lipinski definition) is 4. The number of esters is 1. The Morgan fingerprint density at radius 2 is 1.94 bits per heavy atom. The predicted molar refractivity (Wildman–Crippen MR) is 58.6 cm³/mol. The Bertz CT molecular complexity index is 384. The lowest BCUT2D eigenvalue weighted by atomic mass is 10.1. The Labute approximate surface area is 94.2 Å². The molecule has 0 amide bonds. The van der Waals surface area contributed by atoms with Crippen LogP contribution in [0.5, 0.6) is 5.75 Å². The standard InChI is InChI=1S/C12H14O4/c1-9(13)10-5-3-4-6-11(10)16-8-7-12(14)15-2/h3-6H,7-8H2,1-2H3. The van der Waals surface area contributed by atoms with E-state index in [9.17, 15) is 9.59 Å². The van der Waals surface area contributed by atoms with Crippen molar-refractivity contribution in [2.45, 2.75) is 13.3 Å². The van der Waals surface area contributed by atoms with Crippen LogP contribution in [0.4, 0.5) is 0 Å². The van der Waals surface area contributed by atoms with Gasteiger partial charge in [-0.15, -0.1) is 0 Å². The zero-order valence-corrected chi connectivity index (χ0v) is 9.36. The Morgan fingerprint density at radius 3 is 2.56 bits per heavy atom. The highest BCUT2D eigenvalue weighted by Gasteiger charge is 2.08. The van der Waals surface area contributed by atoms with E-state index in [2.05, 4.69) is 4.74 Å². The maximum Gasteiger partial charge on any atom is 0.308 e. The first-order valence-corrected chi connectivity index (χ1v) is 4.94. The highest BCUT2D eigenvalue weighted by atomic mass is 16.5. The molecule has 1 aromatic rings. The molecule has 86 valence electrons. The molecule has 0 aliphatic heterocycles. The summed E-state index contributed by atoms with van der Waals surface area (Å²) in [6.45, 7) is 1.68. The second-order valence-corrected chi connectivity index (χ2v) is 3.23. The zero-order chi connectivity index (χ0) is 12.0. The normalized spacial score (nSPS) is 9.62. The van der Waals surface area contributed by atoms with Crippen molar-refractivity contribution in [2.75, 3.05) is 13.7 Å². The van der Waals surface area contributed by atoms with E-state index in [0.717, 1.165) is 0 Å². The second-order valence-electron chi connectivity index (χ2n) is 3.23. The summed E-state index contributed by atoms with van der Waals surface area (Å²) in [5, 5.41) is 0. The molecule has 0 saturated heterocycles. The third-order valence-corrected chi connectivity index (χ3v) is 2.06. The quantitative estimate of drug-likeness (QED) is 0.563. The van der Waals surface area contributed by atoms with E-state index in [-0.39, 0.29) is 24.8 Å². The Balaban J connectivity index is 2.60. The minimum atomic E-state index is -0.333. The van der Waals surface area contributed by atoms with Crippen LogP contribution in [-0.4, -0.2) is 25.5 Å². The molecule has 0 saturated carbocycles. The van der Waals surface area contributed by atoms with Crippen molar-refractivity contribution in [3.8, 4) is 5.75 Å². The molecule has 16 heavy (non-hydrogen) atoms. The highest BCUT2D eigenvalue weighted by molar-refractivity contribution is 5.96. The van der Waals surface area contributed by atoms with Gasteiger partial charge in [0, 0.05) is 0 Å². The van der Waals surface area contributed by atoms with Gasteiger partial charge in [0.15, 0.2) is 5.78 Å². The van der Waals surface area contributed by atoms with E-state index in [1.54, 1.807) is 24.3 Å². The summed E-state index contributed by atoms with van der Waals surface area (Å²) < 4.78 is 9.83. The van der Waals surface area contributed by atoms with Gasteiger partial charge in [-0.1, -0.05) is 12.1 Å². The molecule has 0 radical (unpaired) electrons. The molecule has 4 nitrogen and oxygen atoms in total. The van der Waals surface area contributed by atoms with Gasteiger partial charge >= 0.3 is 5.97 Å². The van der Waals surface area contributed by atoms with Gasteiger partial charge in [0.1, 0.15) is 5.75 Å². The SMILES string of the molecule is COC(=O)CCOc1ccccc1C(C)=O. The van der Waals surface area contributed by atoms with Gasteiger partial charge in [-0.25, -0.2) is 0 Å². The molecule has 0 unspecified atom stereocenters. The molecular weight excluding hydrogens is 208 g/mol. The number of methoxy groups -OCH3 is 1. The van der Waals surface area contributed by atoms with Crippen LogP contribution in [0.2, 0.25) is 0 Å². The van der Waals surface area contributed by atoms with Crippen molar-refractivity contribution in [1.29, 1.82) is 0 Å².